The van der Waals surface area contributed by atoms with Gasteiger partial charge in [0.2, 0.25) is 5.78 Å². The predicted molar refractivity (Wildman–Crippen MR) is 146 cm³/mol. The SMILES string of the molecule is COc1ccccc1C(=O)COc1ccc(/C=C2\SC(=S)N([C@@H](Cc3ccccc3)C(=O)O)C2=O)cc1. The number of thioether (sulfide) groups is 1. The fraction of sp³-hybridized carbons (Fsp3) is 0.143. The summed E-state index contributed by atoms with van der Waals surface area (Å²) in [5, 5.41) is 9.80. The quantitative estimate of drug-likeness (QED) is 0.225. The van der Waals surface area contributed by atoms with E-state index < -0.39 is 17.9 Å². The molecule has 0 unspecified atom stereocenters. The highest BCUT2D eigenvalue weighted by atomic mass is 32.2. The molecular weight excluding hydrogens is 510 g/mol. The van der Waals surface area contributed by atoms with Crippen LogP contribution in [0.2, 0.25) is 0 Å². The molecule has 1 amide bonds. The minimum atomic E-state index is -1.12. The summed E-state index contributed by atoms with van der Waals surface area (Å²) >= 11 is 6.43. The second kappa shape index (κ2) is 11.9. The molecule has 37 heavy (non-hydrogen) atoms. The number of carboxylic acid groups (broad SMARTS) is 1. The maximum atomic E-state index is 13.1. The van der Waals surface area contributed by atoms with E-state index in [0.717, 1.165) is 17.3 Å². The van der Waals surface area contributed by atoms with Crippen LogP contribution in [0, 0.1) is 0 Å². The Balaban J connectivity index is 1.42. The number of benzene rings is 3. The Morgan fingerprint density at radius 2 is 1.70 bits per heavy atom. The van der Waals surface area contributed by atoms with E-state index in [1.807, 2.05) is 30.3 Å². The smallest absolute Gasteiger partial charge is 0.327 e. The largest absolute Gasteiger partial charge is 0.496 e. The molecule has 7 nitrogen and oxygen atoms in total. The summed E-state index contributed by atoms with van der Waals surface area (Å²) in [6.07, 6.45) is 1.81. The molecule has 0 spiro atoms. The first kappa shape index (κ1) is 26.1. The van der Waals surface area contributed by atoms with Gasteiger partial charge in [-0.3, -0.25) is 14.5 Å². The van der Waals surface area contributed by atoms with E-state index in [1.54, 1.807) is 54.6 Å². The number of carbonyl (C=O) groups excluding carboxylic acids is 2. The van der Waals surface area contributed by atoms with Gasteiger partial charge < -0.3 is 14.6 Å². The zero-order valence-electron chi connectivity index (χ0n) is 19.8. The lowest BCUT2D eigenvalue weighted by atomic mass is 10.0. The summed E-state index contributed by atoms with van der Waals surface area (Å²) < 4.78 is 11.0. The average Bonchev–Trinajstić information content (AvgIpc) is 3.19. The lowest BCUT2D eigenvalue weighted by molar-refractivity contribution is -0.145. The van der Waals surface area contributed by atoms with E-state index in [4.69, 9.17) is 21.7 Å². The lowest BCUT2D eigenvalue weighted by Crippen LogP contribution is -2.45. The number of Topliss-reactive ketones (excluding diaryl/α,β-unsaturated/α-hetero) is 1. The molecular formula is C28H23NO6S2. The molecule has 1 N–H and O–H groups in total. The molecule has 1 saturated heterocycles. The molecule has 0 bridgehead atoms. The zero-order valence-corrected chi connectivity index (χ0v) is 21.5. The van der Waals surface area contributed by atoms with Crippen molar-refractivity contribution in [2.75, 3.05) is 13.7 Å². The Labute approximate surface area is 223 Å². The van der Waals surface area contributed by atoms with Gasteiger partial charge in [0.15, 0.2) is 6.61 Å². The maximum absolute atomic E-state index is 13.1. The molecule has 0 aliphatic carbocycles. The predicted octanol–water partition coefficient (Wildman–Crippen LogP) is 4.85. The standard InChI is InChI=1S/C28H23NO6S2/c1-34-24-10-6-5-9-21(24)23(30)17-35-20-13-11-19(12-14-20)16-25-26(31)29(28(36)37-25)22(27(32)33)15-18-7-3-2-4-8-18/h2-14,16,22H,15,17H2,1H3,(H,32,33)/b25-16-/t22-/m0/s1. The molecule has 1 fully saturated rings. The van der Waals surface area contributed by atoms with Gasteiger partial charge in [-0.1, -0.05) is 78.6 Å². The first-order chi connectivity index (χ1) is 17.9. The summed E-state index contributed by atoms with van der Waals surface area (Å²) in [4.78, 5) is 39.1. The monoisotopic (exact) mass is 533 g/mol. The first-order valence-electron chi connectivity index (χ1n) is 11.3. The highest BCUT2D eigenvalue weighted by Crippen LogP contribution is 2.35. The van der Waals surface area contributed by atoms with E-state index >= 15 is 0 Å². The van der Waals surface area contributed by atoms with Crippen LogP contribution in [0.5, 0.6) is 11.5 Å². The normalized spacial score (nSPS) is 15.1. The number of hydrogen-bond donors (Lipinski definition) is 1. The number of hydrogen-bond acceptors (Lipinski definition) is 7. The number of ether oxygens (including phenoxy) is 2. The number of rotatable bonds is 10. The molecule has 1 atom stereocenters. The summed E-state index contributed by atoms with van der Waals surface area (Å²) in [5.41, 5.74) is 1.95. The van der Waals surface area contributed by atoms with Gasteiger partial charge in [0.05, 0.1) is 17.6 Å². The van der Waals surface area contributed by atoms with Gasteiger partial charge in [-0.25, -0.2) is 4.79 Å². The third kappa shape index (κ3) is 6.25. The molecule has 1 aliphatic rings. The van der Waals surface area contributed by atoms with E-state index in [9.17, 15) is 19.5 Å². The van der Waals surface area contributed by atoms with Crippen LogP contribution in [-0.2, 0) is 16.0 Å². The van der Waals surface area contributed by atoms with Crippen LogP contribution in [-0.4, -0.2) is 51.7 Å². The minimum Gasteiger partial charge on any atom is -0.496 e. The summed E-state index contributed by atoms with van der Waals surface area (Å²) in [5.74, 6) is -0.806. The highest BCUT2D eigenvalue weighted by molar-refractivity contribution is 8.26. The number of aliphatic carboxylic acids is 1. The molecule has 0 saturated carbocycles. The molecule has 1 heterocycles. The van der Waals surface area contributed by atoms with Gasteiger partial charge in [0.1, 0.15) is 21.9 Å². The van der Waals surface area contributed by atoms with Crippen LogP contribution in [0.4, 0.5) is 0 Å². The molecule has 4 rings (SSSR count). The van der Waals surface area contributed by atoms with E-state index in [2.05, 4.69) is 0 Å². The third-order valence-corrected chi connectivity index (χ3v) is 6.98. The minimum absolute atomic E-state index is 0.148. The van der Waals surface area contributed by atoms with Crippen molar-refractivity contribution in [2.45, 2.75) is 12.5 Å². The Hall–Kier alpha value is -3.95. The number of carbonyl (C=O) groups is 3. The molecule has 9 heteroatoms. The lowest BCUT2D eigenvalue weighted by Gasteiger charge is -2.23. The molecule has 0 aromatic heterocycles. The van der Waals surface area contributed by atoms with Crippen LogP contribution in [0.1, 0.15) is 21.5 Å². The number of amides is 1. The van der Waals surface area contributed by atoms with Crippen LogP contribution in [0.3, 0.4) is 0 Å². The van der Waals surface area contributed by atoms with Crippen LogP contribution < -0.4 is 9.47 Å². The van der Waals surface area contributed by atoms with Crippen molar-refractivity contribution >= 4 is 52.0 Å². The fourth-order valence-electron chi connectivity index (χ4n) is 3.79. The van der Waals surface area contributed by atoms with Crippen molar-refractivity contribution in [1.82, 2.24) is 4.90 Å². The van der Waals surface area contributed by atoms with Crippen molar-refractivity contribution in [3.63, 3.8) is 0 Å². The number of ketones is 1. The van der Waals surface area contributed by atoms with E-state index in [0.29, 0.717) is 27.5 Å². The molecule has 3 aromatic carbocycles. The average molecular weight is 534 g/mol. The summed E-state index contributed by atoms with van der Waals surface area (Å²) in [6, 6.07) is 21.8. The molecule has 3 aromatic rings. The van der Waals surface area contributed by atoms with Crippen LogP contribution in [0.25, 0.3) is 6.08 Å². The molecule has 188 valence electrons. The maximum Gasteiger partial charge on any atom is 0.327 e. The van der Waals surface area contributed by atoms with Gasteiger partial charge in [0.25, 0.3) is 5.91 Å². The van der Waals surface area contributed by atoms with Crippen molar-refractivity contribution in [3.05, 3.63) is 100 Å². The second-order valence-electron chi connectivity index (χ2n) is 8.08. The molecule has 0 radical (unpaired) electrons. The van der Waals surface area contributed by atoms with Crippen LogP contribution >= 0.6 is 24.0 Å². The van der Waals surface area contributed by atoms with Gasteiger partial charge in [-0.05, 0) is 41.5 Å². The van der Waals surface area contributed by atoms with E-state index in [-0.39, 0.29) is 23.1 Å². The first-order valence-corrected chi connectivity index (χ1v) is 12.5. The molecule has 1 aliphatic heterocycles. The van der Waals surface area contributed by atoms with E-state index in [1.165, 1.54) is 12.0 Å². The third-order valence-electron chi connectivity index (χ3n) is 5.65. The number of nitrogens with zero attached hydrogens (tertiary/aromatic N) is 1. The van der Waals surface area contributed by atoms with Crippen molar-refractivity contribution in [2.24, 2.45) is 0 Å². The summed E-state index contributed by atoms with van der Waals surface area (Å²) in [6.45, 7) is -0.156. The summed E-state index contributed by atoms with van der Waals surface area (Å²) in [7, 11) is 1.50. The Kier molecular flexibility index (Phi) is 8.37. The van der Waals surface area contributed by atoms with Gasteiger partial charge >= 0.3 is 5.97 Å². The highest BCUT2D eigenvalue weighted by Gasteiger charge is 2.40. The van der Waals surface area contributed by atoms with Gasteiger partial charge in [0, 0.05) is 6.42 Å². The van der Waals surface area contributed by atoms with Crippen molar-refractivity contribution in [1.29, 1.82) is 0 Å². The topological polar surface area (TPSA) is 93.1 Å². The van der Waals surface area contributed by atoms with Gasteiger partial charge in [-0.15, -0.1) is 0 Å². The Morgan fingerprint density at radius 3 is 2.38 bits per heavy atom. The number of thiocarbonyl (C=S) groups is 1. The number of carboxylic acids is 1. The number of methoxy groups -OCH3 is 1. The Morgan fingerprint density at radius 1 is 1.03 bits per heavy atom. The van der Waals surface area contributed by atoms with Crippen molar-refractivity contribution in [3.8, 4) is 11.5 Å². The van der Waals surface area contributed by atoms with Crippen molar-refractivity contribution < 1.29 is 29.0 Å². The zero-order chi connectivity index (χ0) is 26.4. The second-order valence-corrected chi connectivity index (χ2v) is 9.75. The van der Waals surface area contributed by atoms with Gasteiger partial charge in [-0.2, -0.15) is 0 Å². The van der Waals surface area contributed by atoms with Crippen LogP contribution in [0.15, 0.2) is 83.8 Å². The Bertz CT molecular complexity index is 1350. The fourth-order valence-corrected chi connectivity index (χ4v) is 5.14. The number of para-hydroxylation sites is 1.